The van der Waals surface area contributed by atoms with E-state index >= 15 is 0 Å². The van der Waals surface area contributed by atoms with Gasteiger partial charge in [-0.1, -0.05) is 44.7 Å². The Morgan fingerprint density at radius 2 is 1.79 bits per heavy atom. The van der Waals surface area contributed by atoms with E-state index in [-0.39, 0.29) is 65.0 Å². The average Bonchev–Trinajstić information content (AvgIpc) is 2.57. The SMILES string of the molecule is CCCCCCCC(=O)NC(c1cccc(OC)c1)C(C)(C)OP(=O)([O-])[O-].[Na+].[Na+]. The summed E-state index contributed by atoms with van der Waals surface area (Å²) in [6.07, 6.45) is 5.37. The summed E-state index contributed by atoms with van der Waals surface area (Å²) in [5, 5.41) is 2.82. The first-order valence-electron chi connectivity index (χ1n) is 9.25. The molecule has 1 unspecified atom stereocenters. The van der Waals surface area contributed by atoms with E-state index in [2.05, 4.69) is 12.2 Å². The maximum Gasteiger partial charge on any atom is 1.00 e. The molecule has 1 amide bonds. The van der Waals surface area contributed by atoms with Gasteiger partial charge in [0.05, 0.1) is 26.6 Å². The minimum absolute atomic E-state index is 0. The zero-order valence-corrected chi connectivity index (χ0v) is 23.4. The number of hydrogen-bond acceptors (Lipinski definition) is 6. The van der Waals surface area contributed by atoms with Gasteiger partial charge in [0.2, 0.25) is 5.91 Å². The molecule has 1 rings (SSSR count). The Hall–Kier alpha value is 0.600. The van der Waals surface area contributed by atoms with E-state index < -0.39 is 19.5 Å². The summed E-state index contributed by atoms with van der Waals surface area (Å²) in [6, 6.07) is 6.03. The molecule has 0 bridgehead atoms. The van der Waals surface area contributed by atoms with E-state index in [1.807, 2.05) is 0 Å². The van der Waals surface area contributed by atoms with Crippen LogP contribution in [0.1, 0.15) is 70.9 Å². The number of phosphoric acid groups is 1. The third-order valence-corrected chi connectivity index (χ3v) is 4.98. The van der Waals surface area contributed by atoms with Gasteiger partial charge in [-0.2, -0.15) is 0 Å². The topological polar surface area (TPSA) is 111 Å². The minimum atomic E-state index is -5.24. The van der Waals surface area contributed by atoms with Crippen molar-refractivity contribution in [3.8, 4) is 5.75 Å². The number of rotatable bonds is 12. The van der Waals surface area contributed by atoms with Crippen molar-refractivity contribution >= 4 is 13.7 Å². The van der Waals surface area contributed by atoms with Gasteiger partial charge in [0.1, 0.15) is 5.75 Å². The van der Waals surface area contributed by atoms with Gasteiger partial charge in [0, 0.05) is 6.42 Å². The first kappa shape index (κ1) is 31.8. The third-order valence-electron chi connectivity index (χ3n) is 4.28. The molecule has 0 saturated carbocycles. The largest absolute Gasteiger partial charge is 1.00 e. The summed E-state index contributed by atoms with van der Waals surface area (Å²) >= 11 is 0. The van der Waals surface area contributed by atoms with Crippen LogP contribution in [0.5, 0.6) is 5.75 Å². The van der Waals surface area contributed by atoms with Crippen LogP contribution in [0.3, 0.4) is 0 Å². The number of carbonyl (C=O) groups excluding carboxylic acids is 1. The van der Waals surface area contributed by atoms with Crippen LogP contribution in [0, 0.1) is 0 Å². The van der Waals surface area contributed by atoms with Crippen molar-refractivity contribution in [2.24, 2.45) is 0 Å². The third kappa shape index (κ3) is 12.9. The summed E-state index contributed by atoms with van der Waals surface area (Å²) in [7, 11) is -3.73. The van der Waals surface area contributed by atoms with Crippen LogP contribution in [0.2, 0.25) is 0 Å². The standard InChI is InChI=1S/C19H32NO6P.2Na/c1-5-6-7-8-9-13-17(21)20-18(19(2,3)26-27(22,23)24)15-11-10-12-16(14-15)25-4;;/h10-12,14,18H,5-9,13H2,1-4H3,(H,20,21)(H2,22,23,24);;/q;2*+1/p-2. The molecule has 0 aliphatic rings. The van der Waals surface area contributed by atoms with Crippen molar-refractivity contribution in [1.82, 2.24) is 5.32 Å². The van der Waals surface area contributed by atoms with Crippen LogP contribution in [-0.4, -0.2) is 18.6 Å². The fraction of sp³-hybridized carbons (Fsp3) is 0.632. The molecule has 154 valence electrons. The molecule has 1 atom stereocenters. The summed E-state index contributed by atoms with van der Waals surface area (Å²) in [5.41, 5.74) is -0.865. The van der Waals surface area contributed by atoms with Crippen molar-refractivity contribution in [2.75, 3.05) is 7.11 Å². The molecule has 7 nitrogen and oxygen atoms in total. The van der Waals surface area contributed by atoms with Gasteiger partial charge in [-0.15, -0.1) is 0 Å². The van der Waals surface area contributed by atoms with Gasteiger partial charge in [0.25, 0.3) is 0 Å². The van der Waals surface area contributed by atoms with Crippen molar-refractivity contribution < 1.29 is 87.5 Å². The number of hydrogen-bond donors (Lipinski definition) is 1. The Labute approximate surface area is 218 Å². The van der Waals surface area contributed by atoms with Gasteiger partial charge in [-0.3, -0.25) is 4.79 Å². The van der Waals surface area contributed by atoms with E-state index in [0.717, 1.165) is 32.1 Å². The second-order valence-corrected chi connectivity index (χ2v) is 8.16. The zero-order chi connectivity index (χ0) is 20.5. The summed E-state index contributed by atoms with van der Waals surface area (Å²) in [6.45, 7) is 5.04. The average molecular weight is 445 g/mol. The molecule has 0 heterocycles. The number of ether oxygens (including phenoxy) is 1. The molecule has 1 aromatic rings. The van der Waals surface area contributed by atoms with E-state index in [1.165, 1.54) is 21.0 Å². The molecule has 0 aliphatic carbocycles. The second-order valence-electron chi connectivity index (χ2n) is 7.08. The molecule has 0 spiro atoms. The van der Waals surface area contributed by atoms with Crippen LogP contribution in [-0.2, 0) is 13.9 Å². The van der Waals surface area contributed by atoms with Crippen LogP contribution in [0.4, 0.5) is 0 Å². The second kappa shape index (κ2) is 15.4. The van der Waals surface area contributed by atoms with Gasteiger partial charge in [0.15, 0.2) is 0 Å². The van der Waals surface area contributed by atoms with Crippen LogP contribution < -0.4 is 79.0 Å². The molecule has 1 N–H and O–H groups in total. The number of carbonyl (C=O) groups is 1. The molecule has 0 fully saturated rings. The molecular formula is C19H30NNa2O6P. The van der Waals surface area contributed by atoms with Gasteiger partial charge < -0.3 is 28.9 Å². The first-order chi connectivity index (χ1) is 12.6. The van der Waals surface area contributed by atoms with Gasteiger partial charge in [-0.05, 0) is 38.0 Å². The monoisotopic (exact) mass is 445 g/mol. The summed E-state index contributed by atoms with van der Waals surface area (Å²) < 4.78 is 21.1. The predicted molar refractivity (Wildman–Crippen MR) is 100 cm³/mol. The fourth-order valence-electron chi connectivity index (χ4n) is 2.94. The van der Waals surface area contributed by atoms with Gasteiger partial charge >= 0.3 is 59.1 Å². The summed E-state index contributed by atoms with van der Waals surface area (Å²) in [4.78, 5) is 34.8. The molecule has 1 aromatic carbocycles. The van der Waals surface area contributed by atoms with E-state index in [9.17, 15) is 19.1 Å². The van der Waals surface area contributed by atoms with Crippen LogP contribution in [0.25, 0.3) is 0 Å². The van der Waals surface area contributed by atoms with Crippen LogP contribution in [0.15, 0.2) is 24.3 Å². The first-order valence-corrected chi connectivity index (χ1v) is 10.7. The normalized spacial score (nSPS) is 12.3. The van der Waals surface area contributed by atoms with Crippen molar-refractivity contribution in [3.05, 3.63) is 29.8 Å². The van der Waals surface area contributed by atoms with Gasteiger partial charge in [-0.25, -0.2) is 0 Å². The van der Waals surface area contributed by atoms with E-state index in [4.69, 9.17) is 9.26 Å². The van der Waals surface area contributed by atoms with Crippen molar-refractivity contribution in [2.45, 2.75) is 70.9 Å². The quantitative estimate of drug-likeness (QED) is 0.207. The number of benzene rings is 1. The molecule has 0 aromatic heterocycles. The Kier molecular flexibility index (Phi) is 16.9. The number of methoxy groups -OCH3 is 1. The van der Waals surface area contributed by atoms with Crippen LogP contribution >= 0.6 is 7.82 Å². The minimum Gasteiger partial charge on any atom is -0.790 e. The molecule has 0 aliphatic heterocycles. The van der Waals surface area contributed by atoms with Crippen molar-refractivity contribution in [3.63, 3.8) is 0 Å². The summed E-state index contributed by atoms with van der Waals surface area (Å²) in [5.74, 6) is 0.331. The Bertz CT molecular complexity index is 653. The smallest absolute Gasteiger partial charge is 0.790 e. The van der Waals surface area contributed by atoms with Crippen molar-refractivity contribution in [1.29, 1.82) is 0 Å². The maximum atomic E-state index is 12.4. The Balaban J connectivity index is 0. The number of amides is 1. The molecule has 0 radical (unpaired) electrons. The maximum absolute atomic E-state index is 12.4. The molecule has 0 saturated heterocycles. The molecule has 29 heavy (non-hydrogen) atoms. The Morgan fingerprint density at radius 3 is 2.34 bits per heavy atom. The van der Waals surface area contributed by atoms with E-state index in [0.29, 0.717) is 17.7 Å². The molecule has 10 heteroatoms. The Morgan fingerprint density at radius 1 is 1.17 bits per heavy atom. The number of unbranched alkanes of at least 4 members (excludes halogenated alkanes) is 4. The fourth-order valence-corrected chi connectivity index (χ4v) is 3.62. The zero-order valence-electron chi connectivity index (χ0n) is 18.5. The molecular weight excluding hydrogens is 415 g/mol. The number of nitrogens with one attached hydrogen (secondary N) is 1. The predicted octanol–water partition coefficient (Wildman–Crippen LogP) is -3.16. The number of phosphoric ester groups is 1. The van der Waals surface area contributed by atoms with E-state index in [1.54, 1.807) is 24.3 Å².